The van der Waals surface area contributed by atoms with Gasteiger partial charge in [-0.2, -0.15) is 0 Å². The molecule has 0 spiro atoms. The van der Waals surface area contributed by atoms with Gasteiger partial charge in [0.2, 0.25) is 0 Å². The zero-order valence-electron chi connectivity index (χ0n) is 19.3. The highest BCUT2D eigenvalue weighted by Gasteiger charge is 2.13. The van der Waals surface area contributed by atoms with Crippen molar-refractivity contribution in [3.05, 3.63) is 59.8 Å². The molecule has 2 heterocycles. The highest BCUT2D eigenvalue weighted by molar-refractivity contribution is 5.79. The van der Waals surface area contributed by atoms with Crippen LogP contribution in [0.5, 0.6) is 0 Å². The zero-order valence-corrected chi connectivity index (χ0v) is 19.3. The number of pyridine rings is 1. The van der Waals surface area contributed by atoms with Crippen LogP contribution < -0.4 is 15.5 Å². The van der Waals surface area contributed by atoms with Gasteiger partial charge in [-0.3, -0.25) is 4.90 Å². The summed E-state index contributed by atoms with van der Waals surface area (Å²) in [5.41, 5.74) is 2.55. The topological polar surface area (TPSA) is 55.8 Å². The molecule has 1 saturated heterocycles. The summed E-state index contributed by atoms with van der Waals surface area (Å²) in [5, 5.41) is 6.86. The number of nitrogens with zero attached hydrogens (tertiary/aromatic N) is 4. The lowest BCUT2D eigenvalue weighted by molar-refractivity contribution is 0.238. The Morgan fingerprint density at radius 3 is 2.65 bits per heavy atom. The van der Waals surface area contributed by atoms with Crippen LogP contribution in [0, 0.1) is 0 Å². The van der Waals surface area contributed by atoms with E-state index in [1.807, 2.05) is 6.20 Å². The van der Waals surface area contributed by atoms with Crippen LogP contribution in [0.3, 0.4) is 0 Å². The molecule has 3 rings (SSSR count). The van der Waals surface area contributed by atoms with Crippen LogP contribution in [0.1, 0.15) is 44.2 Å². The lowest BCUT2D eigenvalue weighted by Gasteiger charge is -2.25. The molecule has 0 bridgehead atoms. The maximum absolute atomic E-state index is 4.80. The first kappa shape index (κ1) is 23.1. The Labute approximate surface area is 187 Å². The molecule has 168 valence electrons. The summed E-state index contributed by atoms with van der Waals surface area (Å²) in [6.45, 7) is 9.98. The largest absolute Gasteiger partial charge is 0.357 e. The molecule has 2 N–H and O–H groups in total. The normalized spacial score (nSPS) is 15.4. The number of guanidine groups is 1. The van der Waals surface area contributed by atoms with E-state index in [-0.39, 0.29) is 0 Å². The Kier molecular flexibility index (Phi) is 9.16. The Hall–Kier alpha value is -2.60. The van der Waals surface area contributed by atoms with Crippen molar-refractivity contribution in [2.45, 2.75) is 52.2 Å². The molecule has 0 radical (unpaired) electrons. The fourth-order valence-electron chi connectivity index (χ4n) is 3.84. The van der Waals surface area contributed by atoms with E-state index in [2.05, 4.69) is 88.8 Å². The van der Waals surface area contributed by atoms with Gasteiger partial charge in [-0.25, -0.2) is 9.98 Å². The molecule has 0 amide bonds. The molecule has 1 atom stereocenters. The Balaban J connectivity index is 1.47. The minimum atomic E-state index is 0.485. The van der Waals surface area contributed by atoms with Crippen LogP contribution in [-0.4, -0.2) is 55.1 Å². The van der Waals surface area contributed by atoms with Crippen molar-refractivity contribution >= 4 is 11.8 Å². The number of nitrogens with one attached hydrogen (secondary N) is 2. The molecular formula is C25H38N6. The molecule has 1 aromatic heterocycles. The fourth-order valence-corrected chi connectivity index (χ4v) is 3.84. The minimum Gasteiger partial charge on any atom is -0.357 e. The summed E-state index contributed by atoms with van der Waals surface area (Å²) in [6, 6.07) is 15.4. The van der Waals surface area contributed by atoms with E-state index in [9.17, 15) is 0 Å². The molecule has 1 unspecified atom stereocenters. The number of aromatic nitrogens is 1. The van der Waals surface area contributed by atoms with Gasteiger partial charge in [0.1, 0.15) is 5.82 Å². The third kappa shape index (κ3) is 7.55. The highest BCUT2D eigenvalue weighted by Crippen LogP contribution is 2.18. The first-order valence-corrected chi connectivity index (χ1v) is 11.6. The maximum Gasteiger partial charge on any atom is 0.191 e. The van der Waals surface area contributed by atoms with Crippen molar-refractivity contribution in [1.29, 1.82) is 0 Å². The predicted molar refractivity (Wildman–Crippen MR) is 130 cm³/mol. The average Bonchev–Trinajstić information content (AvgIpc) is 3.33. The van der Waals surface area contributed by atoms with Crippen LogP contribution in [0.2, 0.25) is 0 Å². The number of benzene rings is 1. The minimum absolute atomic E-state index is 0.485. The van der Waals surface area contributed by atoms with Crippen LogP contribution in [-0.2, 0) is 13.1 Å². The standard InChI is InChI=1S/C25H38N6/c1-4-26-25(28-14-12-21(2)30(3)20-22-10-6-5-7-11-22)29-19-23-13-15-27-24(18-23)31-16-8-9-17-31/h5-7,10-11,13,15,18,21H,4,8-9,12,14,16-17,19-20H2,1-3H3,(H2,26,28,29). The van der Waals surface area contributed by atoms with Gasteiger partial charge in [-0.05, 0) is 63.4 Å². The first-order chi connectivity index (χ1) is 15.2. The summed E-state index contributed by atoms with van der Waals surface area (Å²) >= 11 is 0. The van der Waals surface area contributed by atoms with Crippen molar-refractivity contribution in [2.24, 2.45) is 4.99 Å². The molecule has 6 nitrogen and oxygen atoms in total. The molecule has 2 aromatic rings. The van der Waals surface area contributed by atoms with Crippen LogP contribution in [0.15, 0.2) is 53.7 Å². The van der Waals surface area contributed by atoms with E-state index in [0.717, 1.165) is 50.9 Å². The van der Waals surface area contributed by atoms with Crippen LogP contribution >= 0.6 is 0 Å². The number of hydrogen-bond acceptors (Lipinski definition) is 4. The molecule has 1 aromatic carbocycles. The quantitative estimate of drug-likeness (QED) is 0.452. The van der Waals surface area contributed by atoms with Crippen molar-refractivity contribution in [3.8, 4) is 0 Å². The third-order valence-corrected chi connectivity index (χ3v) is 5.89. The number of rotatable bonds is 10. The second kappa shape index (κ2) is 12.3. The van der Waals surface area contributed by atoms with E-state index >= 15 is 0 Å². The maximum atomic E-state index is 4.80. The van der Waals surface area contributed by atoms with Crippen molar-refractivity contribution in [3.63, 3.8) is 0 Å². The zero-order chi connectivity index (χ0) is 21.9. The highest BCUT2D eigenvalue weighted by atomic mass is 15.2. The molecule has 1 fully saturated rings. The predicted octanol–water partition coefficient (Wildman–Crippen LogP) is 3.65. The lowest BCUT2D eigenvalue weighted by Crippen LogP contribution is -2.40. The van der Waals surface area contributed by atoms with E-state index in [1.165, 1.54) is 24.0 Å². The fraction of sp³-hybridized carbons (Fsp3) is 0.520. The lowest BCUT2D eigenvalue weighted by atomic mass is 10.1. The number of aliphatic imine (C=N–C) groups is 1. The second-order valence-electron chi connectivity index (χ2n) is 8.38. The van der Waals surface area contributed by atoms with E-state index in [0.29, 0.717) is 12.6 Å². The van der Waals surface area contributed by atoms with Crippen LogP contribution in [0.4, 0.5) is 5.82 Å². The van der Waals surface area contributed by atoms with E-state index in [1.54, 1.807) is 0 Å². The summed E-state index contributed by atoms with van der Waals surface area (Å²) < 4.78 is 0. The Morgan fingerprint density at radius 2 is 1.90 bits per heavy atom. The molecule has 0 aliphatic carbocycles. The summed E-state index contributed by atoms with van der Waals surface area (Å²) in [7, 11) is 2.19. The van der Waals surface area contributed by atoms with Crippen molar-refractivity contribution in [2.75, 3.05) is 38.1 Å². The smallest absolute Gasteiger partial charge is 0.191 e. The van der Waals surface area contributed by atoms with Gasteiger partial charge in [0.25, 0.3) is 0 Å². The summed E-state index contributed by atoms with van der Waals surface area (Å²) in [6.07, 6.45) is 5.49. The number of anilines is 1. The van der Waals surface area contributed by atoms with Crippen molar-refractivity contribution in [1.82, 2.24) is 20.5 Å². The molecule has 31 heavy (non-hydrogen) atoms. The molecule has 0 saturated carbocycles. The second-order valence-corrected chi connectivity index (χ2v) is 8.38. The molecular weight excluding hydrogens is 384 g/mol. The van der Waals surface area contributed by atoms with Crippen LogP contribution in [0.25, 0.3) is 0 Å². The Bertz CT molecular complexity index is 801. The van der Waals surface area contributed by atoms with E-state index in [4.69, 9.17) is 4.99 Å². The van der Waals surface area contributed by atoms with Gasteiger partial charge in [-0.1, -0.05) is 30.3 Å². The van der Waals surface area contributed by atoms with E-state index < -0.39 is 0 Å². The monoisotopic (exact) mass is 422 g/mol. The third-order valence-electron chi connectivity index (χ3n) is 5.89. The van der Waals surface area contributed by atoms with Gasteiger partial charge >= 0.3 is 0 Å². The average molecular weight is 423 g/mol. The SMILES string of the molecule is CCNC(=NCc1ccnc(N2CCCC2)c1)NCCC(C)N(C)Cc1ccccc1. The molecule has 6 heteroatoms. The molecule has 1 aliphatic rings. The first-order valence-electron chi connectivity index (χ1n) is 11.6. The summed E-state index contributed by atoms with van der Waals surface area (Å²) in [5.74, 6) is 1.96. The van der Waals surface area contributed by atoms with Crippen molar-refractivity contribution < 1.29 is 0 Å². The number of hydrogen-bond donors (Lipinski definition) is 2. The Morgan fingerprint density at radius 1 is 1.13 bits per heavy atom. The van der Waals surface area contributed by atoms with Gasteiger partial charge in [0.15, 0.2) is 5.96 Å². The van der Waals surface area contributed by atoms with Gasteiger partial charge in [0.05, 0.1) is 6.54 Å². The van der Waals surface area contributed by atoms with Gasteiger partial charge in [-0.15, -0.1) is 0 Å². The summed E-state index contributed by atoms with van der Waals surface area (Å²) in [4.78, 5) is 14.1. The van der Waals surface area contributed by atoms with Gasteiger partial charge in [0, 0.05) is 45.0 Å². The molecule has 1 aliphatic heterocycles. The van der Waals surface area contributed by atoms with Gasteiger partial charge < -0.3 is 15.5 Å².